The SMILES string of the molecule is CCC(NC(=O)Cc1cccc2cccnc12)C(O)c1ccc(C(F)(F)F)cc1. The third kappa shape index (κ3) is 4.92. The summed E-state index contributed by atoms with van der Waals surface area (Å²) in [7, 11) is 0. The molecule has 0 spiro atoms. The average molecular weight is 402 g/mol. The first-order valence-electron chi connectivity index (χ1n) is 9.26. The molecule has 0 aliphatic rings. The molecular weight excluding hydrogens is 381 g/mol. The summed E-state index contributed by atoms with van der Waals surface area (Å²) < 4.78 is 38.1. The largest absolute Gasteiger partial charge is 0.416 e. The Kier molecular flexibility index (Phi) is 6.17. The molecule has 1 heterocycles. The van der Waals surface area contributed by atoms with Crippen molar-refractivity contribution in [1.29, 1.82) is 0 Å². The van der Waals surface area contributed by atoms with Crippen LogP contribution in [0.3, 0.4) is 0 Å². The zero-order valence-electron chi connectivity index (χ0n) is 15.8. The number of para-hydroxylation sites is 1. The average Bonchev–Trinajstić information content (AvgIpc) is 2.71. The number of amides is 1. The van der Waals surface area contributed by atoms with E-state index in [1.54, 1.807) is 13.1 Å². The summed E-state index contributed by atoms with van der Waals surface area (Å²) in [4.78, 5) is 16.9. The number of hydrogen-bond acceptors (Lipinski definition) is 3. The molecule has 1 aromatic heterocycles. The number of aliphatic hydroxyl groups is 1. The number of fused-ring (bicyclic) bond motifs is 1. The van der Waals surface area contributed by atoms with Crippen molar-refractivity contribution in [2.45, 2.75) is 38.1 Å². The third-order valence-corrected chi connectivity index (χ3v) is 4.81. The number of nitrogens with one attached hydrogen (secondary N) is 1. The summed E-state index contributed by atoms with van der Waals surface area (Å²) in [5.74, 6) is -0.291. The molecule has 7 heteroatoms. The molecule has 3 aromatic rings. The van der Waals surface area contributed by atoms with Crippen LogP contribution in [0.25, 0.3) is 10.9 Å². The van der Waals surface area contributed by atoms with E-state index in [1.165, 1.54) is 12.1 Å². The Balaban J connectivity index is 1.70. The molecule has 0 fully saturated rings. The summed E-state index contributed by atoms with van der Waals surface area (Å²) in [6.07, 6.45) is -3.38. The van der Waals surface area contributed by atoms with Gasteiger partial charge in [-0.3, -0.25) is 9.78 Å². The van der Waals surface area contributed by atoms with Crippen molar-refractivity contribution in [3.05, 3.63) is 77.5 Å². The van der Waals surface area contributed by atoms with Gasteiger partial charge in [0.25, 0.3) is 0 Å². The molecular formula is C22H21F3N2O2. The van der Waals surface area contributed by atoms with Crippen LogP contribution in [-0.4, -0.2) is 22.0 Å². The first kappa shape index (κ1) is 20.8. The van der Waals surface area contributed by atoms with Crippen molar-refractivity contribution in [2.24, 2.45) is 0 Å². The van der Waals surface area contributed by atoms with Crippen LogP contribution in [0.15, 0.2) is 60.8 Å². The van der Waals surface area contributed by atoms with Crippen LogP contribution in [0, 0.1) is 0 Å². The number of benzene rings is 2. The van der Waals surface area contributed by atoms with Gasteiger partial charge in [-0.2, -0.15) is 13.2 Å². The van der Waals surface area contributed by atoms with Crippen molar-refractivity contribution >= 4 is 16.8 Å². The Bertz CT molecular complexity index is 982. The molecule has 2 atom stereocenters. The van der Waals surface area contributed by atoms with Crippen LogP contribution in [0.2, 0.25) is 0 Å². The number of carbonyl (C=O) groups excluding carboxylic acids is 1. The number of alkyl halides is 3. The summed E-state index contributed by atoms with van der Waals surface area (Å²) in [5.41, 5.74) is 1.03. The zero-order chi connectivity index (χ0) is 21.0. The Morgan fingerprint density at radius 3 is 2.45 bits per heavy atom. The van der Waals surface area contributed by atoms with Gasteiger partial charge >= 0.3 is 6.18 Å². The fraction of sp³-hybridized carbons (Fsp3) is 0.273. The molecule has 2 aromatic carbocycles. The second-order valence-electron chi connectivity index (χ2n) is 6.82. The highest BCUT2D eigenvalue weighted by Gasteiger charge is 2.30. The predicted molar refractivity (Wildman–Crippen MR) is 104 cm³/mol. The molecule has 3 rings (SSSR count). The van der Waals surface area contributed by atoms with Gasteiger partial charge in [0.1, 0.15) is 0 Å². The summed E-state index contributed by atoms with van der Waals surface area (Å²) >= 11 is 0. The van der Waals surface area contributed by atoms with Gasteiger partial charge in [0.15, 0.2) is 0 Å². The van der Waals surface area contributed by atoms with Crippen molar-refractivity contribution in [3.63, 3.8) is 0 Å². The maximum absolute atomic E-state index is 12.7. The second kappa shape index (κ2) is 8.61. The van der Waals surface area contributed by atoms with E-state index < -0.39 is 23.9 Å². The van der Waals surface area contributed by atoms with Crippen LogP contribution < -0.4 is 5.32 Å². The number of carbonyl (C=O) groups is 1. The lowest BCUT2D eigenvalue weighted by atomic mass is 9.98. The Labute approximate surface area is 166 Å². The summed E-state index contributed by atoms with van der Waals surface area (Å²) in [6, 6.07) is 13.0. The van der Waals surface area contributed by atoms with Gasteiger partial charge in [0.2, 0.25) is 5.91 Å². The normalized spacial score (nSPS) is 13.8. The molecule has 0 aliphatic heterocycles. The maximum atomic E-state index is 12.7. The molecule has 152 valence electrons. The molecule has 1 amide bonds. The molecule has 0 aliphatic carbocycles. The minimum absolute atomic E-state index is 0.0879. The monoisotopic (exact) mass is 402 g/mol. The van der Waals surface area contributed by atoms with E-state index in [1.807, 2.05) is 30.3 Å². The number of aromatic nitrogens is 1. The van der Waals surface area contributed by atoms with E-state index in [4.69, 9.17) is 0 Å². The van der Waals surface area contributed by atoms with Gasteiger partial charge in [-0.05, 0) is 35.7 Å². The molecule has 4 nitrogen and oxygen atoms in total. The molecule has 2 N–H and O–H groups in total. The van der Waals surface area contributed by atoms with E-state index in [-0.39, 0.29) is 12.3 Å². The number of pyridine rings is 1. The van der Waals surface area contributed by atoms with E-state index in [0.717, 1.165) is 28.6 Å². The van der Waals surface area contributed by atoms with E-state index in [9.17, 15) is 23.1 Å². The van der Waals surface area contributed by atoms with Gasteiger partial charge in [0, 0.05) is 11.6 Å². The quantitative estimate of drug-likeness (QED) is 0.642. The van der Waals surface area contributed by atoms with Crippen LogP contribution in [0.1, 0.15) is 36.1 Å². The first-order valence-corrected chi connectivity index (χ1v) is 9.26. The van der Waals surface area contributed by atoms with Gasteiger partial charge < -0.3 is 10.4 Å². The zero-order valence-corrected chi connectivity index (χ0v) is 15.8. The van der Waals surface area contributed by atoms with E-state index in [0.29, 0.717) is 12.0 Å². The number of hydrogen-bond donors (Lipinski definition) is 2. The van der Waals surface area contributed by atoms with Gasteiger partial charge in [-0.15, -0.1) is 0 Å². The van der Waals surface area contributed by atoms with Crippen LogP contribution >= 0.6 is 0 Å². The lowest BCUT2D eigenvalue weighted by Crippen LogP contribution is -2.39. The molecule has 0 radical (unpaired) electrons. The Morgan fingerprint density at radius 2 is 1.79 bits per heavy atom. The molecule has 0 saturated heterocycles. The lowest BCUT2D eigenvalue weighted by Gasteiger charge is -2.24. The summed E-state index contributed by atoms with van der Waals surface area (Å²) in [6.45, 7) is 1.79. The van der Waals surface area contributed by atoms with Crippen molar-refractivity contribution in [3.8, 4) is 0 Å². The highest BCUT2D eigenvalue weighted by Crippen LogP contribution is 2.30. The fourth-order valence-electron chi connectivity index (χ4n) is 3.25. The van der Waals surface area contributed by atoms with E-state index in [2.05, 4.69) is 10.3 Å². The first-order chi connectivity index (χ1) is 13.8. The van der Waals surface area contributed by atoms with Crippen molar-refractivity contribution < 1.29 is 23.1 Å². The smallest absolute Gasteiger partial charge is 0.386 e. The second-order valence-corrected chi connectivity index (χ2v) is 6.82. The highest BCUT2D eigenvalue weighted by molar-refractivity contribution is 5.87. The van der Waals surface area contributed by atoms with Crippen molar-refractivity contribution in [1.82, 2.24) is 10.3 Å². The maximum Gasteiger partial charge on any atom is 0.416 e. The van der Waals surface area contributed by atoms with Crippen LogP contribution in [0.4, 0.5) is 13.2 Å². The highest BCUT2D eigenvalue weighted by atomic mass is 19.4. The molecule has 29 heavy (non-hydrogen) atoms. The number of rotatable bonds is 6. The number of halogens is 3. The van der Waals surface area contributed by atoms with Gasteiger partial charge in [-0.1, -0.05) is 43.3 Å². The van der Waals surface area contributed by atoms with Crippen molar-refractivity contribution in [2.75, 3.05) is 0 Å². The Morgan fingerprint density at radius 1 is 1.10 bits per heavy atom. The third-order valence-electron chi connectivity index (χ3n) is 4.81. The molecule has 0 bridgehead atoms. The topological polar surface area (TPSA) is 62.2 Å². The van der Waals surface area contributed by atoms with Crippen LogP contribution in [-0.2, 0) is 17.4 Å². The van der Waals surface area contributed by atoms with Crippen LogP contribution in [0.5, 0.6) is 0 Å². The number of nitrogens with zero attached hydrogens (tertiary/aromatic N) is 1. The number of aliphatic hydroxyl groups excluding tert-OH is 1. The molecule has 2 unspecified atom stereocenters. The van der Waals surface area contributed by atoms with Gasteiger partial charge in [0.05, 0.1) is 29.6 Å². The Hall–Kier alpha value is -2.93. The standard InChI is InChI=1S/C22H21F3N2O2/c1-2-18(21(29)15-8-10-17(11-9-15)22(23,24)25)27-19(28)13-16-6-3-5-14-7-4-12-26-20(14)16/h3-12,18,21,29H,2,13H2,1H3,(H,27,28). The lowest BCUT2D eigenvalue weighted by molar-refractivity contribution is -0.137. The minimum atomic E-state index is -4.44. The summed E-state index contributed by atoms with van der Waals surface area (Å²) in [5, 5.41) is 14.3. The van der Waals surface area contributed by atoms with Gasteiger partial charge in [-0.25, -0.2) is 0 Å². The fourth-order valence-corrected chi connectivity index (χ4v) is 3.25. The molecule has 0 saturated carbocycles. The minimum Gasteiger partial charge on any atom is -0.386 e. The van der Waals surface area contributed by atoms with E-state index >= 15 is 0 Å². The predicted octanol–water partition coefficient (Wildman–Crippen LogP) is 4.42.